The Morgan fingerprint density at radius 3 is 2.67 bits per heavy atom. The zero-order valence-corrected chi connectivity index (χ0v) is 12.3. The molecule has 2 rings (SSSR count). The highest BCUT2D eigenvalue weighted by molar-refractivity contribution is 6.32. The van der Waals surface area contributed by atoms with Crippen molar-refractivity contribution in [3.05, 3.63) is 63.2 Å². The van der Waals surface area contributed by atoms with E-state index in [2.05, 4.69) is 5.32 Å². The average molecular weight is 307 g/mol. The molecule has 0 saturated carbocycles. The van der Waals surface area contributed by atoms with Crippen molar-refractivity contribution in [3.8, 4) is 11.5 Å². The maximum absolute atomic E-state index is 10.7. The summed E-state index contributed by atoms with van der Waals surface area (Å²) >= 11 is 5.86. The summed E-state index contributed by atoms with van der Waals surface area (Å²) in [4.78, 5) is 10.2. The summed E-state index contributed by atoms with van der Waals surface area (Å²) in [5.74, 6) is 1.13. The minimum atomic E-state index is -0.525. The third kappa shape index (κ3) is 4.18. The summed E-state index contributed by atoms with van der Waals surface area (Å²) in [7, 11) is 0. The van der Waals surface area contributed by atoms with Crippen molar-refractivity contribution in [3.63, 3.8) is 0 Å². The van der Waals surface area contributed by atoms with Gasteiger partial charge in [0, 0.05) is 18.7 Å². The normalized spacial score (nSPS) is 10.4. The van der Waals surface area contributed by atoms with Crippen molar-refractivity contribution in [1.82, 2.24) is 5.32 Å². The molecule has 0 amide bonds. The fourth-order valence-corrected chi connectivity index (χ4v) is 2.06. The topological polar surface area (TPSA) is 64.4 Å². The van der Waals surface area contributed by atoms with Crippen LogP contribution in [0.25, 0.3) is 0 Å². The van der Waals surface area contributed by atoms with Crippen LogP contribution in [-0.2, 0) is 6.54 Å². The number of hydrogen-bond donors (Lipinski definition) is 1. The molecule has 0 bridgehead atoms. The zero-order valence-electron chi connectivity index (χ0n) is 11.5. The Bertz CT molecular complexity index is 647. The van der Waals surface area contributed by atoms with Crippen LogP contribution in [0.2, 0.25) is 5.02 Å². The zero-order chi connectivity index (χ0) is 15.2. The quantitative estimate of drug-likeness (QED) is 0.643. The van der Waals surface area contributed by atoms with Crippen molar-refractivity contribution in [1.29, 1.82) is 0 Å². The molecule has 0 spiro atoms. The lowest BCUT2D eigenvalue weighted by Gasteiger charge is -2.08. The Balaban J connectivity index is 2.14. The molecule has 110 valence electrons. The van der Waals surface area contributed by atoms with Crippen LogP contribution in [0.5, 0.6) is 11.5 Å². The minimum Gasteiger partial charge on any atom is -0.457 e. The molecule has 0 aliphatic carbocycles. The Labute approximate surface area is 127 Å². The lowest BCUT2D eigenvalue weighted by Crippen LogP contribution is -2.11. The summed E-state index contributed by atoms with van der Waals surface area (Å²) in [5.41, 5.74) is 0.965. The van der Waals surface area contributed by atoms with Crippen molar-refractivity contribution in [2.24, 2.45) is 0 Å². The highest BCUT2D eigenvalue weighted by Gasteiger charge is 2.12. The first kappa shape index (κ1) is 15.3. The van der Waals surface area contributed by atoms with E-state index in [1.165, 1.54) is 18.2 Å². The van der Waals surface area contributed by atoms with Crippen LogP contribution < -0.4 is 10.1 Å². The number of rotatable bonds is 6. The first-order valence-corrected chi connectivity index (χ1v) is 6.89. The van der Waals surface area contributed by atoms with Gasteiger partial charge in [-0.05, 0) is 30.3 Å². The number of benzene rings is 2. The number of nitrogens with zero attached hydrogens (tertiary/aromatic N) is 1. The van der Waals surface area contributed by atoms with Crippen molar-refractivity contribution in [2.75, 3.05) is 6.54 Å². The van der Waals surface area contributed by atoms with Crippen molar-refractivity contribution in [2.45, 2.75) is 13.5 Å². The van der Waals surface area contributed by atoms with Gasteiger partial charge < -0.3 is 10.1 Å². The predicted molar refractivity (Wildman–Crippen MR) is 82.0 cm³/mol. The maximum Gasteiger partial charge on any atom is 0.288 e. The van der Waals surface area contributed by atoms with Gasteiger partial charge >= 0.3 is 0 Å². The van der Waals surface area contributed by atoms with E-state index in [0.717, 1.165) is 18.7 Å². The summed E-state index contributed by atoms with van der Waals surface area (Å²) < 4.78 is 5.68. The second kappa shape index (κ2) is 7.06. The molecule has 0 unspecified atom stereocenters. The lowest BCUT2D eigenvalue weighted by atomic mass is 10.2. The number of halogens is 1. The minimum absolute atomic E-state index is 0.0568. The van der Waals surface area contributed by atoms with Crippen LogP contribution in [0, 0.1) is 10.1 Å². The van der Waals surface area contributed by atoms with Crippen molar-refractivity contribution < 1.29 is 9.66 Å². The predicted octanol–water partition coefficient (Wildman–Crippen LogP) is 4.15. The Morgan fingerprint density at radius 2 is 2.00 bits per heavy atom. The van der Waals surface area contributed by atoms with Crippen LogP contribution in [0.1, 0.15) is 12.5 Å². The van der Waals surface area contributed by atoms with Gasteiger partial charge in [-0.15, -0.1) is 0 Å². The third-order valence-corrected chi connectivity index (χ3v) is 3.13. The van der Waals surface area contributed by atoms with Crippen LogP contribution in [-0.4, -0.2) is 11.5 Å². The summed E-state index contributed by atoms with van der Waals surface area (Å²) in [6.45, 7) is 3.69. The first-order chi connectivity index (χ1) is 10.1. The van der Waals surface area contributed by atoms with Gasteiger partial charge in [-0.2, -0.15) is 0 Å². The van der Waals surface area contributed by atoms with E-state index in [9.17, 15) is 10.1 Å². The first-order valence-electron chi connectivity index (χ1n) is 6.51. The van der Waals surface area contributed by atoms with E-state index in [4.69, 9.17) is 16.3 Å². The van der Waals surface area contributed by atoms with Crippen LogP contribution in [0.15, 0.2) is 42.5 Å². The SMILES string of the molecule is CCNCc1cccc(Oc2ccc([N+](=O)[O-])c(Cl)c2)c1. The molecule has 0 aromatic heterocycles. The summed E-state index contributed by atoms with van der Waals surface area (Å²) in [6, 6.07) is 11.9. The molecule has 0 fully saturated rings. The Hall–Kier alpha value is -2.11. The van der Waals surface area contributed by atoms with Gasteiger partial charge in [0.05, 0.1) is 4.92 Å². The molecule has 21 heavy (non-hydrogen) atoms. The monoisotopic (exact) mass is 306 g/mol. The molecule has 2 aromatic carbocycles. The molecule has 0 saturated heterocycles. The molecule has 0 radical (unpaired) electrons. The molecule has 1 N–H and O–H groups in total. The summed E-state index contributed by atoms with van der Waals surface area (Å²) in [5, 5.41) is 14.0. The summed E-state index contributed by atoms with van der Waals surface area (Å²) in [6.07, 6.45) is 0. The standard InChI is InChI=1S/C15H15ClN2O3/c1-2-17-10-11-4-3-5-12(8-11)21-13-6-7-15(18(19)20)14(16)9-13/h3-9,17H,2,10H2,1H3. The van der Waals surface area contributed by atoms with E-state index in [1.807, 2.05) is 31.2 Å². The van der Waals surface area contributed by atoms with Gasteiger partial charge in [-0.3, -0.25) is 10.1 Å². The van der Waals surface area contributed by atoms with E-state index < -0.39 is 4.92 Å². The largest absolute Gasteiger partial charge is 0.457 e. The van der Waals surface area contributed by atoms with E-state index in [1.54, 1.807) is 0 Å². The van der Waals surface area contributed by atoms with Crippen LogP contribution >= 0.6 is 11.6 Å². The fourth-order valence-electron chi connectivity index (χ4n) is 1.82. The van der Waals surface area contributed by atoms with Crippen LogP contribution in [0.3, 0.4) is 0 Å². The molecule has 5 nitrogen and oxygen atoms in total. The number of nitro benzene ring substituents is 1. The Morgan fingerprint density at radius 1 is 1.24 bits per heavy atom. The fraction of sp³-hybridized carbons (Fsp3) is 0.200. The number of nitro groups is 1. The van der Waals surface area contributed by atoms with E-state index >= 15 is 0 Å². The molecule has 2 aromatic rings. The number of hydrogen-bond acceptors (Lipinski definition) is 4. The highest BCUT2D eigenvalue weighted by Crippen LogP contribution is 2.31. The average Bonchev–Trinajstić information content (AvgIpc) is 2.45. The molecule has 6 heteroatoms. The molecular weight excluding hydrogens is 292 g/mol. The molecule has 0 aliphatic heterocycles. The second-order valence-electron chi connectivity index (χ2n) is 4.40. The molecular formula is C15H15ClN2O3. The van der Waals surface area contributed by atoms with Gasteiger partial charge in [0.25, 0.3) is 5.69 Å². The van der Waals surface area contributed by atoms with Gasteiger partial charge in [-0.1, -0.05) is 30.7 Å². The third-order valence-electron chi connectivity index (χ3n) is 2.83. The van der Waals surface area contributed by atoms with Crippen LogP contribution in [0.4, 0.5) is 5.69 Å². The van der Waals surface area contributed by atoms with E-state index in [-0.39, 0.29) is 10.7 Å². The smallest absolute Gasteiger partial charge is 0.288 e. The van der Waals surface area contributed by atoms with Gasteiger partial charge in [-0.25, -0.2) is 0 Å². The lowest BCUT2D eigenvalue weighted by molar-refractivity contribution is -0.384. The van der Waals surface area contributed by atoms with Gasteiger partial charge in [0.2, 0.25) is 0 Å². The van der Waals surface area contributed by atoms with Crippen molar-refractivity contribution >= 4 is 17.3 Å². The van der Waals surface area contributed by atoms with Gasteiger partial charge in [0.15, 0.2) is 0 Å². The van der Waals surface area contributed by atoms with E-state index in [0.29, 0.717) is 11.5 Å². The molecule has 0 atom stereocenters. The maximum atomic E-state index is 10.7. The second-order valence-corrected chi connectivity index (χ2v) is 4.81. The Kier molecular flexibility index (Phi) is 5.14. The molecule has 0 aliphatic rings. The highest BCUT2D eigenvalue weighted by atomic mass is 35.5. The number of ether oxygens (including phenoxy) is 1. The number of nitrogens with one attached hydrogen (secondary N) is 1. The van der Waals surface area contributed by atoms with Gasteiger partial charge in [0.1, 0.15) is 16.5 Å². The molecule has 0 heterocycles.